The third-order valence-corrected chi connectivity index (χ3v) is 6.97. The Balaban J connectivity index is 1.11. The molecule has 2 N–H and O–H groups in total. The van der Waals surface area contributed by atoms with Crippen LogP contribution in [0.1, 0.15) is 12.0 Å². The van der Waals surface area contributed by atoms with E-state index in [1.165, 1.54) is 16.2 Å². The number of allylic oxidation sites excluding steroid dienone is 2. The second-order valence-electron chi connectivity index (χ2n) is 8.73. The molecule has 5 rings (SSSR count). The van der Waals surface area contributed by atoms with E-state index in [-0.39, 0.29) is 35.5 Å². The molecule has 2 heterocycles. The molecule has 2 bridgehead atoms. The molecule has 4 unspecified atom stereocenters. The van der Waals surface area contributed by atoms with Crippen molar-refractivity contribution in [1.82, 2.24) is 15.5 Å². The number of fused-ring (bicyclic) bond motifs is 5. The zero-order chi connectivity index (χ0) is 21.4. The summed E-state index contributed by atoms with van der Waals surface area (Å²) in [6, 6.07) is 8.49. The standard InChI is InChI=1S/C24H29N5O2/c1-25-24(27-15-16-5-4-6-19(13-16)28-10-2-3-11-28)26-9-12-29-22(30)20-17-7-8-18(14-17)21(20)23(29)31/h2-8,13,17-18,20-21H,9-12,14-15H2,1H3,(H2,25,26,27). The van der Waals surface area contributed by atoms with Crippen molar-refractivity contribution in [2.45, 2.75) is 13.0 Å². The van der Waals surface area contributed by atoms with Crippen LogP contribution in [0.2, 0.25) is 0 Å². The van der Waals surface area contributed by atoms with E-state index in [1.54, 1.807) is 7.05 Å². The molecule has 7 heteroatoms. The molecule has 4 atom stereocenters. The molecule has 0 spiro atoms. The summed E-state index contributed by atoms with van der Waals surface area (Å²) in [7, 11) is 1.72. The number of carbonyl (C=O) groups is 2. The second-order valence-corrected chi connectivity index (χ2v) is 8.73. The van der Waals surface area contributed by atoms with E-state index in [9.17, 15) is 9.59 Å². The fraction of sp³-hybridized carbons (Fsp3) is 0.458. The predicted molar refractivity (Wildman–Crippen MR) is 120 cm³/mol. The van der Waals surface area contributed by atoms with Crippen molar-refractivity contribution in [2.75, 3.05) is 38.1 Å². The van der Waals surface area contributed by atoms with Crippen molar-refractivity contribution in [3.63, 3.8) is 0 Å². The highest BCUT2D eigenvalue weighted by Crippen LogP contribution is 2.52. The van der Waals surface area contributed by atoms with Crippen LogP contribution in [0, 0.1) is 23.7 Å². The SMILES string of the molecule is CN=C(NCCN1C(=O)C2C3C=CC(C3)C2C1=O)NCc1cccc(N2CC=CC2)c1. The van der Waals surface area contributed by atoms with Gasteiger partial charge in [0.15, 0.2) is 5.96 Å². The summed E-state index contributed by atoms with van der Waals surface area (Å²) in [5, 5.41) is 6.56. The van der Waals surface area contributed by atoms with Crippen molar-refractivity contribution < 1.29 is 9.59 Å². The summed E-state index contributed by atoms with van der Waals surface area (Å²) in [6.45, 7) is 3.41. The van der Waals surface area contributed by atoms with Crippen LogP contribution in [-0.4, -0.2) is 55.9 Å². The molecule has 1 aromatic carbocycles. The van der Waals surface area contributed by atoms with Crippen molar-refractivity contribution in [3.05, 3.63) is 54.1 Å². The summed E-state index contributed by atoms with van der Waals surface area (Å²) in [4.78, 5) is 33.6. The first-order chi connectivity index (χ1) is 15.2. The van der Waals surface area contributed by atoms with Gasteiger partial charge in [-0.25, -0.2) is 0 Å². The Bertz CT molecular complexity index is 930. The molecule has 1 saturated carbocycles. The number of benzene rings is 1. The molecule has 0 aromatic heterocycles. The number of nitrogens with zero attached hydrogens (tertiary/aromatic N) is 3. The monoisotopic (exact) mass is 419 g/mol. The Morgan fingerprint density at radius 1 is 1.06 bits per heavy atom. The lowest BCUT2D eigenvalue weighted by molar-refractivity contribution is -0.140. The smallest absolute Gasteiger partial charge is 0.233 e. The molecule has 7 nitrogen and oxygen atoms in total. The van der Waals surface area contributed by atoms with Crippen LogP contribution in [0.5, 0.6) is 0 Å². The highest BCUT2D eigenvalue weighted by atomic mass is 16.2. The van der Waals surface area contributed by atoms with Crippen molar-refractivity contribution in [1.29, 1.82) is 0 Å². The summed E-state index contributed by atoms with van der Waals surface area (Å²) in [5.41, 5.74) is 2.39. The van der Waals surface area contributed by atoms with Gasteiger partial charge in [0, 0.05) is 45.5 Å². The molecule has 2 fully saturated rings. The largest absolute Gasteiger partial charge is 0.364 e. The highest BCUT2D eigenvalue weighted by Gasteiger charge is 2.58. The number of likely N-dealkylation sites (tertiary alicyclic amines) is 1. The topological polar surface area (TPSA) is 77.0 Å². The summed E-state index contributed by atoms with van der Waals surface area (Å²) < 4.78 is 0. The minimum atomic E-state index is -0.127. The van der Waals surface area contributed by atoms with E-state index in [1.807, 2.05) is 0 Å². The van der Waals surface area contributed by atoms with Gasteiger partial charge in [0.1, 0.15) is 0 Å². The molecule has 4 aliphatic rings. The third-order valence-electron chi connectivity index (χ3n) is 6.97. The van der Waals surface area contributed by atoms with E-state index < -0.39 is 0 Å². The molecule has 1 aromatic rings. The second kappa shape index (κ2) is 8.21. The minimum Gasteiger partial charge on any atom is -0.364 e. The lowest BCUT2D eigenvalue weighted by Crippen LogP contribution is -2.43. The number of rotatable bonds is 6. The van der Waals surface area contributed by atoms with Gasteiger partial charge in [-0.3, -0.25) is 19.5 Å². The zero-order valence-corrected chi connectivity index (χ0v) is 17.8. The van der Waals surface area contributed by atoms with Gasteiger partial charge in [-0.05, 0) is 36.0 Å². The van der Waals surface area contributed by atoms with Crippen LogP contribution in [0.3, 0.4) is 0 Å². The summed E-state index contributed by atoms with van der Waals surface area (Å²) >= 11 is 0. The quantitative estimate of drug-likeness (QED) is 0.317. The van der Waals surface area contributed by atoms with Gasteiger partial charge in [0.05, 0.1) is 11.8 Å². The number of anilines is 1. The Morgan fingerprint density at radius 3 is 2.45 bits per heavy atom. The first-order valence-corrected chi connectivity index (χ1v) is 11.1. The first kappa shape index (κ1) is 19.8. The van der Waals surface area contributed by atoms with Crippen LogP contribution in [-0.2, 0) is 16.1 Å². The first-order valence-electron chi connectivity index (χ1n) is 11.1. The van der Waals surface area contributed by atoms with Gasteiger partial charge in [-0.1, -0.05) is 36.4 Å². The minimum absolute atomic E-state index is 0.00446. The van der Waals surface area contributed by atoms with E-state index >= 15 is 0 Å². The maximum absolute atomic E-state index is 12.8. The van der Waals surface area contributed by atoms with Crippen molar-refractivity contribution >= 4 is 23.5 Å². The zero-order valence-electron chi connectivity index (χ0n) is 17.8. The highest BCUT2D eigenvalue weighted by molar-refractivity contribution is 6.06. The van der Waals surface area contributed by atoms with Gasteiger partial charge in [0.25, 0.3) is 0 Å². The number of aliphatic imine (C=N–C) groups is 1. The number of guanidine groups is 1. The normalized spacial score (nSPS) is 28.7. The van der Waals surface area contributed by atoms with Crippen molar-refractivity contribution in [3.8, 4) is 0 Å². The van der Waals surface area contributed by atoms with Gasteiger partial charge in [0.2, 0.25) is 11.8 Å². The molecular weight excluding hydrogens is 390 g/mol. The average molecular weight is 420 g/mol. The number of imide groups is 1. The van der Waals surface area contributed by atoms with E-state index in [2.05, 4.69) is 69.1 Å². The Morgan fingerprint density at radius 2 is 1.77 bits per heavy atom. The van der Waals surface area contributed by atoms with Crippen LogP contribution in [0.25, 0.3) is 0 Å². The predicted octanol–water partition coefficient (Wildman–Crippen LogP) is 1.53. The fourth-order valence-electron chi connectivity index (χ4n) is 5.43. The molecule has 2 aliphatic heterocycles. The molecule has 31 heavy (non-hydrogen) atoms. The maximum Gasteiger partial charge on any atom is 0.233 e. The molecule has 2 amide bonds. The lowest BCUT2D eigenvalue weighted by atomic mass is 9.85. The third kappa shape index (κ3) is 3.62. The summed E-state index contributed by atoms with van der Waals surface area (Å²) in [5.74, 6) is 0.928. The fourth-order valence-corrected chi connectivity index (χ4v) is 5.43. The molecule has 1 saturated heterocycles. The van der Waals surface area contributed by atoms with Gasteiger partial charge < -0.3 is 15.5 Å². The molecule has 0 radical (unpaired) electrons. The van der Waals surface area contributed by atoms with Gasteiger partial charge in [-0.2, -0.15) is 0 Å². The number of carbonyl (C=O) groups excluding carboxylic acids is 2. The van der Waals surface area contributed by atoms with Gasteiger partial charge in [-0.15, -0.1) is 0 Å². The van der Waals surface area contributed by atoms with E-state index in [4.69, 9.17) is 0 Å². The molecule has 2 aliphatic carbocycles. The number of hydrogen-bond acceptors (Lipinski definition) is 4. The van der Waals surface area contributed by atoms with Crippen LogP contribution in [0.15, 0.2) is 53.6 Å². The number of nitrogens with one attached hydrogen (secondary N) is 2. The van der Waals surface area contributed by atoms with Gasteiger partial charge >= 0.3 is 0 Å². The van der Waals surface area contributed by atoms with E-state index in [0.29, 0.717) is 25.6 Å². The van der Waals surface area contributed by atoms with Crippen molar-refractivity contribution in [2.24, 2.45) is 28.7 Å². The molecular formula is C24H29N5O2. The number of hydrogen-bond donors (Lipinski definition) is 2. The lowest BCUT2D eigenvalue weighted by Gasteiger charge is -2.20. The van der Waals surface area contributed by atoms with Crippen LogP contribution < -0.4 is 15.5 Å². The Kier molecular flexibility index (Phi) is 5.26. The Hall–Kier alpha value is -3.09. The molecule has 162 valence electrons. The van der Waals surface area contributed by atoms with Crippen LogP contribution >= 0.6 is 0 Å². The number of amides is 2. The average Bonchev–Trinajstić information content (AvgIpc) is 3.58. The van der Waals surface area contributed by atoms with E-state index in [0.717, 1.165) is 19.5 Å². The Labute approximate surface area is 182 Å². The maximum atomic E-state index is 12.8. The van der Waals surface area contributed by atoms with Crippen LogP contribution in [0.4, 0.5) is 5.69 Å². The summed E-state index contributed by atoms with van der Waals surface area (Å²) in [6.07, 6.45) is 9.58.